The van der Waals surface area contributed by atoms with Gasteiger partial charge in [-0.05, 0) is 80.4 Å². The van der Waals surface area contributed by atoms with Gasteiger partial charge in [0.05, 0.1) is 41.3 Å². The average Bonchev–Trinajstić information content (AvgIpc) is 3.42. The Labute approximate surface area is 253 Å². The van der Waals surface area contributed by atoms with Crippen LogP contribution in [0, 0.1) is 0 Å². The molecule has 2 fully saturated rings. The van der Waals surface area contributed by atoms with Gasteiger partial charge in [-0.15, -0.1) is 0 Å². The lowest BCUT2D eigenvalue weighted by atomic mass is 10.0. The van der Waals surface area contributed by atoms with Crippen molar-refractivity contribution < 1.29 is 36.7 Å². The molecule has 5 rings (SSSR count). The highest BCUT2D eigenvalue weighted by molar-refractivity contribution is 8.18. The van der Waals surface area contributed by atoms with Gasteiger partial charge in [-0.1, -0.05) is 23.7 Å². The maximum absolute atomic E-state index is 15.2. The van der Waals surface area contributed by atoms with Crippen molar-refractivity contribution in [1.82, 2.24) is 19.6 Å². The Bertz CT molecular complexity index is 1630. The first kappa shape index (κ1) is 30.9. The second kappa shape index (κ2) is 11.5. The van der Waals surface area contributed by atoms with Crippen LogP contribution in [-0.2, 0) is 22.3 Å². The van der Waals surface area contributed by atoms with E-state index in [1.807, 2.05) is 0 Å². The minimum Gasteiger partial charge on any atom is -0.444 e. The van der Waals surface area contributed by atoms with Gasteiger partial charge in [0.25, 0.3) is 11.1 Å². The monoisotopic (exact) mass is 638 g/mol. The number of rotatable bonds is 4. The molecule has 0 unspecified atom stereocenters. The average molecular weight is 639 g/mol. The van der Waals surface area contributed by atoms with E-state index in [0.717, 1.165) is 11.0 Å². The summed E-state index contributed by atoms with van der Waals surface area (Å²) < 4.78 is 62.6. The Morgan fingerprint density at radius 1 is 1.16 bits per heavy atom. The largest absolute Gasteiger partial charge is 0.444 e. The molecule has 2 atom stereocenters. The van der Waals surface area contributed by atoms with Gasteiger partial charge in [0.1, 0.15) is 11.8 Å². The Morgan fingerprint density at radius 2 is 1.91 bits per heavy atom. The molecule has 228 valence electrons. The van der Waals surface area contributed by atoms with Gasteiger partial charge in [0.15, 0.2) is 0 Å². The number of ether oxygens (including phenoxy) is 1. The number of thioether (sulfide) groups is 1. The van der Waals surface area contributed by atoms with Crippen LogP contribution in [0.2, 0.25) is 5.02 Å². The first-order chi connectivity index (χ1) is 20.1. The molecule has 0 saturated carbocycles. The molecule has 0 spiro atoms. The molecule has 2 aliphatic rings. The molecule has 2 saturated heterocycles. The number of benzene rings is 2. The minimum absolute atomic E-state index is 0.00254. The predicted octanol–water partition coefficient (Wildman–Crippen LogP) is 7.14. The van der Waals surface area contributed by atoms with Gasteiger partial charge in [0.2, 0.25) is 0 Å². The normalized spacial score (nSPS) is 20.9. The van der Waals surface area contributed by atoms with Crippen LogP contribution in [0.1, 0.15) is 43.9 Å². The molecule has 1 aromatic heterocycles. The van der Waals surface area contributed by atoms with E-state index in [9.17, 15) is 27.6 Å². The molecule has 0 radical (unpaired) electrons. The third-order valence-electron chi connectivity index (χ3n) is 6.98. The molecule has 3 aromatic rings. The number of likely N-dealkylation sites (tertiary alicyclic amines) is 1. The van der Waals surface area contributed by atoms with E-state index in [0.29, 0.717) is 28.2 Å². The zero-order valence-electron chi connectivity index (χ0n) is 23.3. The smallest absolute Gasteiger partial charge is 0.416 e. The lowest BCUT2D eigenvalue weighted by Crippen LogP contribution is -2.55. The van der Waals surface area contributed by atoms with Crippen LogP contribution in [0.15, 0.2) is 47.5 Å². The second-order valence-corrected chi connectivity index (χ2v) is 12.7. The maximum atomic E-state index is 15.2. The summed E-state index contributed by atoms with van der Waals surface area (Å²) in [6, 6.07) is 7.56. The van der Waals surface area contributed by atoms with E-state index in [2.05, 4.69) is 5.10 Å². The summed E-state index contributed by atoms with van der Waals surface area (Å²) in [5, 5.41) is 4.21. The van der Waals surface area contributed by atoms with Gasteiger partial charge >= 0.3 is 12.3 Å². The minimum atomic E-state index is -4.59. The summed E-state index contributed by atoms with van der Waals surface area (Å²) >= 11 is 6.48. The highest BCUT2D eigenvalue weighted by Crippen LogP contribution is 2.37. The molecule has 0 bridgehead atoms. The van der Waals surface area contributed by atoms with Gasteiger partial charge in [-0.25, -0.2) is 9.18 Å². The second-order valence-electron chi connectivity index (χ2n) is 11.3. The van der Waals surface area contributed by atoms with Crippen molar-refractivity contribution in [2.45, 2.75) is 57.7 Å². The molecule has 2 aromatic carbocycles. The van der Waals surface area contributed by atoms with E-state index < -0.39 is 46.8 Å². The van der Waals surface area contributed by atoms with E-state index in [4.69, 9.17) is 16.3 Å². The van der Waals surface area contributed by atoms with Crippen LogP contribution < -0.4 is 0 Å². The van der Waals surface area contributed by atoms with Crippen molar-refractivity contribution in [3.8, 4) is 0 Å². The molecular formula is C29H27ClF4N4O4S. The first-order valence-electron chi connectivity index (χ1n) is 13.3. The summed E-state index contributed by atoms with van der Waals surface area (Å²) in [4.78, 5) is 40.6. The van der Waals surface area contributed by atoms with Crippen molar-refractivity contribution in [3.05, 3.63) is 69.2 Å². The molecule has 43 heavy (non-hydrogen) atoms. The Balaban J connectivity index is 1.31. The third-order valence-corrected chi connectivity index (χ3v) is 8.09. The standard InChI is InChI=1S/C29H27ClF4N4O4S/c1-28(2,3)42-26(40)36-9-8-23(21(31)15-36)38-25(39)24(43-27(38)41)11-16-4-7-22-18(10-16)13-35-37(22)14-17-5-6-19(30)12-20(17)29(32,33)34/h4-7,10-13,21,23H,8-9,14-15H2,1-3H3/t21-,23-/m1/s1. The van der Waals surface area contributed by atoms with E-state index in [1.165, 1.54) is 34.0 Å². The van der Waals surface area contributed by atoms with Crippen molar-refractivity contribution >= 4 is 57.6 Å². The number of hydrogen-bond acceptors (Lipinski definition) is 6. The van der Waals surface area contributed by atoms with Crippen molar-refractivity contribution in [2.75, 3.05) is 13.1 Å². The lowest BCUT2D eigenvalue weighted by Gasteiger charge is -2.38. The summed E-state index contributed by atoms with van der Waals surface area (Å²) in [5.41, 5.74) is -0.474. The molecule has 3 amide bonds. The zero-order chi connectivity index (χ0) is 31.3. The van der Waals surface area contributed by atoms with Gasteiger partial charge in [-0.3, -0.25) is 19.2 Å². The number of imide groups is 1. The third kappa shape index (κ3) is 6.67. The fourth-order valence-corrected chi connectivity index (χ4v) is 6.08. The van der Waals surface area contributed by atoms with E-state index in [-0.39, 0.29) is 41.5 Å². The Hall–Kier alpha value is -3.58. The highest BCUT2D eigenvalue weighted by Gasteiger charge is 2.46. The number of alkyl halides is 4. The van der Waals surface area contributed by atoms with Crippen LogP contribution in [0.3, 0.4) is 0 Å². The van der Waals surface area contributed by atoms with Crippen LogP contribution in [0.4, 0.5) is 27.2 Å². The number of aromatic nitrogens is 2. The number of hydrogen-bond donors (Lipinski definition) is 0. The lowest BCUT2D eigenvalue weighted by molar-refractivity contribution is -0.138. The number of amides is 3. The summed E-state index contributed by atoms with van der Waals surface area (Å²) in [6.45, 7) is 4.79. The Kier molecular flexibility index (Phi) is 8.25. The van der Waals surface area contributed by atoms with Crippen LogP contribution >= 0.6 is 23.4 Å². The topological polar surface area (TPSA) is 84.7 Å². The van der Waals surface area contributed by atoms with Crippen molar-refractivity contribution in [2.24, 2.45) is 0 Å². The molecule has 0 N–H and O–H groups in total. The van der Waals surface area contributed by atoms with Gasteiger partial charge in [0, 0.05) is 17.0 Å². The predicted molar refractivity (Wildman–Crippen MR) is 154 cm³/mol. The van der Waals surface area contributed by atoms with Crippen molar-refractivity contribution in [3.63, 3.8) is 0 Å². The van der Waals surface area contributed by atoms with Crippen molar-refractivity contribution in [1.29, 1.82) is 0 Å². The maximum Gasteiger partial charge on any atom is 0.416 e. The van der Waals surface area contributed by atoms with Gasteiger partial charge < -0.3 is 9.64 Å². The molecule has 8 nitrogen and oxygen atoms in total. The molecule has 3 heterocycles. The van der Waals surface area contributed by atoms with Crippen LogP contribution in [-0.4, -0.2) is 67.7 Å². The van der Waals surface area contributed by atoms with Gasteiger partial charge in [-0.2, -0.15) is 18.3 Å². The Morgan fingerprint density at radius 3 is 2.58 bits per heavy atom. The summed E-state index contributed by atoms with van der Waals surface area (Å²) in [6.07, 6.45) is -3.82. The number of piperidine rings is 1. The molecule has 14 heteroatoms. The highest BCUT2D eigenvalue weighted by atomic mass is 35.5. The number of nitrogens with zero attached hydrogens (tertiary/aromatic N) is 4. The van der Waals surface area contributed by atoms with Crippen LogP contribution in [0.5, 0.6) is 0 Å². The quantitative estimate of drug-likeness (QED) is 0.223. The van der Waals surface area contributed by atoms with E-state index in [1.54, 1.807) is 39.0 Å². The zero-order valence-corrected chi connectivity index (χ0v) is 24.9. The molecular weight excluding hydrogens is 612 g/mol. The SMILES string of the molecule is CC(C)(C)OC(=O)N1CC[C@@H](N2C(=O)SC(=Cc3ccc4c(cnn4Cc4ccc(Cl)cc4C(F)(F)F)c3)C2=O)[C@H](F)C1. The molecule has 0 aliphatic carbocycles. The summed E-state index contributed by atoms with van der Waals surface area (Å²) in [7, 11) is 0. The number of halogens is 5. The number of carbonyl (C=O) groups is 3. The molecule has 2 aliphatic heterocycles. The fourth-order valence-electron chi connectivity index (χ4n) is 5.03. The summed E-state index contributed by atoms with van der Waals surface area (Å²) in [5.74, 6) is -0.633. The number of fused-ring (bicyclic) bond motifs is 1. The van der Waals surface area contributed by atoms with Crippen LogP contribution in [0.25, 0.3) is 17.0 Å². The first-order valence-corrected chi connectivity index (χ1v) is 14.5. The fraction of sp³-hybridized carbons (Fsp3) is 0.379. The van der Waals surface area contributed by atoms with E-state index >= 15 is 4.39 Å². The number of carbonyl (C=O) groups excluding carboxylic acids is 3.